The van der Waals surface area contributed by atoms with Gasteiger partial charge in [-0.2, -0.15) is 0 Å². The smallest absolute Gasteiger partial charge is 0.142 e. The minimum atomic E-state index is 0.0952. The number of rotatable bonds is 12. The van der Waals surface area contributed by atoms with E-state index in [1.807, 2.05) is 33.8 Å². The molecule has 0 radical (unpaired) electrons. The zero-order chi connectivity index (χ0) is 33.1. The number of carbonyl (C=O) groups is 2. The van der Waals surface area contributed by atoms with Crippen molar-refractivity contribution < 1.29 is 9.59 Å². The third-order valence-corrected chi connectivity index (χ3v) is 9.41. The van der Waals surface area contributed by atoms with Gasteiger partial charge in [0.1, 0.15) is 12.6 Å². The maximum absolute atomic E-state index is 9.57. The van der Waals surface area contributed by atoms with E-state index in [9.17, 15) is 4.79 Å². The van der Waals surface area contributed by atoms with Crippen LogP contribution in [-0.2, 0) is 27.8 Å². The number of carbonyl (C=O) groups excluding carboxylic acids is 2. The normalized spacial score (nSPS) is 18.6. The van der Waals surface area contributed by atoms with Gasteiger partial charge in [0.2, 0.25) is 0 Å². The maximum atomic E-state index is 9.57. The molecule has 2 heteroatoms. The number of benzene rings is 2. The highest BCUT2D eigenvalue weighted by atomic mass is 16.1. The molecular formula is C42H64O2. The predicted molar refractivity (Wildman–Crippen MR) is 193 cm³/mol. The third kappa shape index (κ3) is 11.0. The molecule has 3 aliphatic carbocycles. The van der Waals surface area contributed by atoms with Crippen molar-refractivity contribution >= 4 is 12.6 Å². The fourth-order valence-corrected chi connectivity index (χ4v) is 6.38. The largest absolute Gasteiger partial charge is 0.303 e. The molecule has 0 amide bonds. The van der Waals surface area contributed by atoms with Crippen LogP contribution in [-0.4, -0.2) is 12.6 Å². The average molecular weight is 601 g/mol. The second-order valence-electron chi connectivity index (χ2n) is 12.7. The summed E-state index contributed by atoms with van der Waals surface area (Å²) in [5.41, 5.74) is 9.14. The molecule has 0 N–H and O–H groups in total. The summed E-state index contributed by atoms with van der Waals surface area (Å²) in [6.45, 7) is 24.9. The zero-order valence-electron chi connectivity index (χ0n) is 29.6. The molecule has 3 aliphatic rings. The van der Waals surface area contributed by atoms with Gasteiger partial charge in [-0.05, 0) is 89.3 Å². The number of unbranched alkanes of at least 4 members (excludes halogenated alkanes) is 1. The summed E-state index contributed by atoms with van der Waals surface area (Å²) < 4.78 is 0. The summed E-state index contributed by atoms with van der Waals surface area (Å²) in [5.74, 6) is 2.78. The highest BCUT2D eigenvalue weighted by Crippen LogP contribution is 2.54. The molecule has 0 aliphatic heterocycles. The van der Waals surface area contributed by atoms with E-state index in [2.05, 4.69) is 77.3 Å². The van der Waals surface area contributed by atoms with Crippen molar-refractivity contribution in [1.82, 2.24) is 0 Å². The van der Waals surface area contributed by atoms with E-state index in [0.29, 0.717) is 18.1 Å². The Morgan fingerprint density at radius 3 is 1.84 bits per heavy atom. The van der Waals surface area contributed by atoms with Crippen LogP contribution in [0.1, 0.15) is 135 Å². The van der Waals surface area contributed by atoms with Crippen LogP contribution in [0.15, 0.2) is 61.7 Å². The third-order valence-electron chi connectivity index (χ3n) is 9.41. The summed E-state index contributed by atoms with van der Waals surface area (Å²) in [6, 6.07) is 14.6. The van der Waals surface area contributed by atoms with Crippen molar-refractivity contribution in [3.8, 4) is 11.1 Å². The molecule has 244 valence electrons. The first kappa shape index (κ1) is 39.3. The summed E-state index contributed by atoms with van der Waals surface area (Å²) in [7, 11) is 0. The van der Waals surface area contributed by atoms with Gasteiger partial charge in [0, 0.05) is 11.3 Å². The van der Waals surface area contributed by atoms with Crippen molar-refractivity contribution in [2.75, 3.05) is 0 Å². The van der Waals surface area contributed by atoms with Crippen LogP contribution >= 0.6 is 0 Å². The molecule has 0 saturated heterocycles. The minimum Gasteiger partial charge on any atom is -0.303 e. The topological polar surface area (TPSA) is 34.1 Å². The Morgan fingerprint density at radius 2 is 1.43 bits per heavy atom. The molecule has 2 saturated carbocycles. The van der Waals surface area contributed by atoms with Gasteiger partial charge >= 0.3 is 0 Å². The van der Waals surface area contributed by atoms with Gasteiger partial charge in [-0.1, -0.05) is 143 Å². The van der Waals surface area contributed by atoms with Crippen LogP contribution in [0.25, 0.3) is 11.1 Å². The molecule has 0 spiro atoms. The standard InChI is InChI=1S/C31H42.C4H6O.C3H4O.2C2H6/c1-6-8-11-22(3)18-23(4)31(5)29-20-24(10-7-2)14-16-27(29)28-17-15-26(21-30(28)31)19-25-12-9-13-25;5-3-4-1-2-4;1-2-3-4;2*1-2/h7,14-17,20-23,25H,2,6,8-13,18-19H2,1,3-5H3;3-4H,1-2H2;2-3H,1H2;2*1-2H3. The van der Waals surface area contributed by atoms with E-state index in [1.54, 1.807) is 16.7 Å². The van der Waals surface area contributed by atoms with Crippen LogP contribution in [0, 0.1) is 23.7 Å². The Labute approximate surface area is 271 Å². The Balaban J connectivity index is 0.000000631. The molecule has 3 atom stereocenters. The SMILES string of the molecule is C=CC=O.C=CCc1ccc2c(c1)C(C)(C(C)CC(C)CCCC)c1cc(CC3CCC3)ccc1-2.CC.CC.O=CC1CC1. The van der Waals surface area contributed by atoms with Crippen LogP contribution in [0.2, 0.25) is 0 Å². The van der Waals surface area contributed by atoms with Gasteiger partial charge in [0.05, 0.1) is 0 Å². The van der Waals surface area contributed by atoms with Crippen molar-refractivity contribution in [1.29, 1.82) is 0 Å². The molecular weight excluding hydrogens is 536 g/mol. The number of fused-ring (bicyclic) bond motifs is 3. The van der Waals surface area contributed by atoms with Gasteiger partial charge in [-0.25, -0.2) is 0 Å². The highest BCUT2D eigenvalue weighted by Gasteiger charge is 2.43. The quantitative estimate of drug-likeness (QED) is 0.138. The average Bonchev–Trinajstić information content (AvgIpc) is 3.85. The highest BCUT2D eigenvalue weighted by molar-refractivity contribution is 5.81. The van der Waals surface area contributed by atoms with E-state index < -0.39 is 0 Å². The molecule has 3 unspecified atom stereocenters. The lowest BCUT2D eigenvalue weighted by atomic mass is 9.67. The molecule has 2 aromatic rings. The lowest BCUT2D eigenvalue weighted by molar-refractivity contribution is -0.108. The van der Waals surface area contributed by atoms with Crippen molar-refractivity contribution in [2.24, 2.45) is 23.7 Å². The monoisotopic (exact) mass is 600 g/mol. The molecule has 0 heterocycles. The molecule has 2 aromatic carbocycles. The second-order valence-corrected chi connectivity index (χ2v) is 12.7. The fourth-order valence-electron chi connectivity index (χ4n) is 6.38. The number of aldehydes is 2. The van der Waals surface area contributed by atoms with Crippen molar-refractivity contribution in [3.63, 3.8) is 0 Å². The van der Waals surface area contributed by atoms with Crippen molar-refractivity contribution in [3.05, 3.63) is 84.0 Å². The first-order valence-corrected chi connectivity index (χ1v) is 17.7. The van der Waals surface area contributed by atoms with Gasteiger partial charge in [0.25, 0.3) is 0 Å². The van der Waals surface area contributed by atoms with E-state index in [4.69, 9.17) is 4.79 Å². The van der Waals surface area contributed by atoms with E-state index in [-0.39, 0.29) is 5.41 Å². The van der Waals surface area contributed by atoms with E-state index >= 15 is 0 Å². The van der Waals surface area contributed by atoms with Gasteiger partial charge < -0.3 is 4.79 Å². The summed E-state index contributed by atoms with van der Waals surface area (Å²) in [5, 5.41) is 0. The fraction of sp³-hybridized carbons (Fsp3) is 0.571. The van der Waals surface area contributed by atoms with Crippen LogP contribution in [0.3, 0.4) is 0 Å². The molecule has 0 aromatic heterocycles. The van der Waals surface area contributed by atoms with E-state index in [0.717, 1.165) is 37.4 Å². The molecule has 2 nitrogen and oxygen atoms in total. The lowest BCUT2D eigenvalue weighted by Gasteiger charge is -2.36. The van der Waals surface area contributed by atoms with Crippen LogP contribution in [0.5, 0.6) is 0 Å². The Morgan fingerprint density at radius 1 is 0.886 bits per heavy atom. The first-order chi connectivity index (χ1) is 21.3. The molecule has 0 bridgehead atoms. The molecule has 5 rings (SSSR count). The van der Waals surface area contributed by atoms with Crippen molar-refractivity contribution in [2.45, 2.75) is 131 Å². The Kier molecular flexibility index (Phi) is 18.8. The maximum Gasteiger partial charge on any atom is 0.142 e. The van der Waals surface area contributed by atoms with Gasteiger partial charge in [-0.3, -0.25) is 4.79 Å². The van der Waals surface area contributed by atoms with Crippen LogP contribution < -0.4 is 0 Å². The Bertz CT molecular complexity index is 1130. The first-order valence-electron chi connectivity index (χ1n) is 17.7. The summed E-state index contributed by atoms with van der Waals surface area (Å²) in [6.07, 6.45) is 19.0. The predicted octanol–water partition coefficient (Wildman–Crippen LogP) is 11.9. The Hall–Kier alpha value is -2.74. The van der Waals surface area contributed by atoms with Gasteiger partial charge in [-0.15, -0.1) is 6.58 Å². The minimum absolute atomic E-state index is 0.0952. The van der Waals surface area contributed by atoms with Gasteiger partial charge in [0.15, 0.2) is 0 Å². The second kappa shape index (κ2) is 21.1. The number of hydrogen-bond donors (Lipinski definition) is 0. The molecule has 2 fully saturated rings. The lowest BCUT2D eigenvalue weighted by Crippen LogP contribution is -2.31. The number of allylic oxidation sites excluding steroid dienone is 2. The molecule has 44 heavy (non-hydrogen) atoms. The zero-order valence-corrected chi connectivity index (χ0v) is 29.6. The summed E-state index contributed by atoms with van der Waals surface area (Å²) >= 11 is 0. The van der Waals surface area contributed by atoms with E-state index in [1.165, 1.54) is 74.1 Å². The summed E-state index contributed by atoms with van der Waals surface area (Å²) in [4.78, 5) is 18.6. The number of hydrogen-bond acceptors (Lipinski definition) is 2. The van der Waals surface area contributed by atoms with Crippen LogP contribution in [0.4, 0.5) is 0 Å².